The molecule has 1 aliphatic carbocycles. The average molecular weight is 206 g/mol. The molecule has 0 heterocycles. The van der Waals surface area contributed by atoms with Gasteiger partial charge in [0.1, 0.15) is 0 Å². The number of hydrogen-bond donors (Lipinski definition) is 1. The van der Waals surface area contributed by atoms with Crippen molar-refractivity contribution in [3.63, 3.8) is 0 Å². The van der Waals surface area contributed by atoms with Crippen LogP contribution in [0, 0.1) is 5.92 Å². The van der Waals surface area contributed by atoms with Crippen LogP contribution in [0.25, 0.3) is 0 Å². The van der Waals surface area contributed by atoms with Crippen LogP contribution in [0.2, 0.25) is 0 Å². The molecule has 1 aliphatic rings. The molecule has 2 N–H and O–H groups in total. The molecule has 0 aromatic rings. The lowest BCUT2D eigenvalue weighted by Gasteiger charge is -2.25. The van der Waals surface area contributed by atoms with Gasteiger partial charge >= 0.3 is 0 Å². The Labute approximate surface area is 71.5 Å². The molecule has 0 spiro atoms. The summed E-state index contributed by atoms with van der Waals surface area (Å²) in [4.78, 5) is 0. The number of rotatable bonds is 2. The molecule has 0 radical (unpaired) electrons. The van der Waals surface area contributed by atoms with Crippen molar-refractivity contribution in [1.82, 2.24) is 0 Å². The Morgan fingerprint density at radius 3 is 2.30 bits per heavy atom. The number of alkyl halides is 1. The fourth-order valence-corrected chi connectivity index (χ4v) is 2.28. The number of halogens is 1. The van der Waals surface area contributed by atoms with E-state index < -0.39 is 0 Å². The monoisotopic (exact) mass is 205 g/mol. The molecule has 0 aromatic heterocycles. The van der Waals surface area contributed by atoms with Crippen molar-refractivity contribution in [3.05, 3.63) is 0 Å². The van der Waals surface area contributed by atoms with Gasteiger partial charge in [0.25, 0.3) is 0 Å². The molecular formula is C8H16BrN. The molecule has 1 rings (SSSR count). The van der Waals surface area contributed by atoms with E-state index in [2.05, 4.69) is 15.9 Å². The van der Waals surface area contributed by atoms with Gasteiger partial charge in [-0.05, 0) is 38.0 Å². The molecule has 0 amide bonds. The van der Waals surface area contributed by atoms with Gasteiger partial charge in [0.15, 0.2) is 0 Å². The fourth-order valence-electron chi connectivity index (χ4n) is 1.63. The molecule has 0 saturated heterocycles. The summed E-state index contributed by atoms with van der Waals surface area (Å²) in [6, 6.07) is 0.506. The van der Waals surface area contributed by atoms with E-state index in [4.69, 9.17) is 5.73 Å². The molecule has 1 nitrogen and oxygen atoms in total. The Kier molecular flexibility index (Phi) is 3.71. The second kappa shape index (κ2) is 4.35. The topological polar surface area (TPSA) is 26.0 Å². The Balaban J connectivity index is 2.13. The summed E-state index contributed by atoms with van der Waals surface area (Å²) in [6.45, 7) is 0. The highest BCUT2D eigenvalue weighted by atomic mass is 79.9. The standard InChI is InChI=1S/C8H16BrN/c9-6-5-7-1-3-8(10)4-2-7/h7-8H,1-6,10H2. The van der Waals surface area contributed by atoms with E-state index in [1.807, 2.05) is 0 Å². The number of nitrogens with two attached hydrogens (primary N) is 1. The Morgan fingerprint density at radius 2 is 1.80 bits per heavy atom. The molecule has 60 valence electrons. The zero-order valence-corrected chi connectivity index (χ0v) is 7.94. The second-order valence-electron chi connectivity index (χ2n) is 3.26. The molecule has 1 saturated carbocycles. The summed E-state index contributed by atoms with van der Waals surface area (Å²) in [6.07, 6.45) is 6.54. The lowest BCUT2D eigenvalue weighted by Crippen LogP contribution is -2.26. The molecule has 0 atom stereocenters. The van der Waals surface area contributed by atoms with Gasteiger partial charge in [-0.1, -0.05) is 15.9 Å². The molecular weight excluding hydrogens is 190 g/mol. The van der Waals surface area contributed by atoms with Crippen LogP contribution in [0.5, 0.6) is 0 Å². The molecule has 0 bridgehead atoms. The van der Waals surface area contributed by atoms with E-state index in [-0.39, 0.29) is 0 Å². The van der Waals surface area contributed by atoms with Gasteiger partial charge in [-0.3, -0.25) is 0 Å². The van der Waals surface area contributed by atoms with Crippen LogP contribution in [0.1, 0.15) is 32.1 Å². The molecule has 0 aromatic carbocycles. The van der Waals surface area contributed by atoms with Gasteiger partial charge in [-0.25, -0.2) is 0 Å². The van der Waals surface area contributed by atoms with E-state index in [1.54, 1.807) is 0 Å². The van der Waals surface area contributed by atoms with Gasteiger partial charge in [0.2, 0.25) is 0 Å². The smallest absolute Gasteiger partial charge is 0.00390 e. The predicted octanol–water partition coefficient (Wildman–Crippen LogP) is 2.29. The van der Waals surface area contributed by atoms with Crippen LogP contribution >= 0.6 is 15.9 Å². The van der Waals surface area contributed by atoms with Crippen LogP contribution < -0.4 is 5.73 Å². The van der Waals surface area contributed by atoms with E-state index in [0.29, 0.717) is 6.04 Å². The minimum absolute atomic E-state index is 0.506. The molecule has 10 heavy (non-hydrogen) atoms. The first-order chi connectivity index (χ1) is 4.83. The largest absolute Gasteiger partial charge is 0.328 e. The highest BCUT2D eigenvalue weighted by molar-refractivity contribution is 9.09. The van der Waals surface area contributed by atoms with Crippen LogP contribution in [-0.2, 0) is 0 Å². The van der Waals surface area contributed by atoms with Crippen LogP contribution in [0.4, 0.5) is 0 Å². The predicted molar refractivity (Wildman–Crippen MR) is 48.3 cm³/mol. The van der Waals surface area contributed by atoms with Crippen LogP contribution in [0.3, 0.4) is 0 Å². The first-order valence-corrected chi connectivity index (χ1v) is 5.26. The van der Waals surface area contributed by atoms with Gasteiger partial charge < -0.3 is 5.73 Å². The average Bonchev–Trinajstić information content (AvgIpc) is 1.95. The maximum Gasteiger partial charge on any atom is 0.00390 e. The minimum atomic E-state index is 0.506. The summed E-state index contributed by atoms with van der Waals surface area (Å²) in [5, 5.41) is 1.16. The Bertz CT molecular complexity index is 87.3. The van der Waals surface area contributed by atoms with Gasteiger partial charge in [0.05, 0.1) is 0 Å². The van der Waals surface area contributed by atoms with Crippen molar-refractivity contribution < 1.29 is 0 Å². The third-order valence-electron chi connectivity index (χ3n) is 2.41. The molecule has 2 heteroatoms. The Hall–Kier alpha value is 0.440. The van der Waals surface area contributed by atoms with Crippen LogP contribution in [-0.4, -0.2) is 11.4 Å². The van der Waals surface area contributed by atoms with Crippen molar-refractivity contribution in [1.29, 1.82) is 0 Å². The molecule has 1 fully saturated rings. The first-order valence-electron chi connectivity index (χ1n) is 4.14. The fraction of sp³-hybridized carbons (Fsp3) is 1.00. The quantitative estimate of drug-likeness (QED) is 0.689. The third kappa shape index (κ3) is 2.59. The zero-order chi connectivity index (χ0) is 7.40. The highest BCUT2D eigenvalue weighted by Gasteiger charge is 2.17. The van der Waals surface area contributed by atoms with E-state index in [9.17, 15) is 0 Å². The number of hydrogen-bond acceptors (Lipinski definition) is 1. The van der Waals surface area contributed by atoms with Crippen molar-refractivity contribution in [3.8, 4) is 0 Å². The van der Waals surface area contributed by atoms with Crippen LogP contribution in [0.15, 0.2) is 0 Å². The van der Waals surface area contributed by atoms with Crippen molar-refractivity contribution in [2.75, 3.05) is 5.33 Å². The maximum atomic E-state index is 5.78. The Morgan fingerprint density at radius 1 is 1.20 bits per heavy atom. The summed E-state index contributed by atoms with van der Waals surface area (Å²) < 4.78 is 0. The summed E-state index contributed by atoms with van der Waals surface area (Å²) in [5.74, 6) is 0.958. The van der Waals surface area contributed by atoms with Crippen molar-refractivity contribution >= 4 is 15.9 Å². The SMILES string of the molecule is NC1CCC(CCBr)CC1. The second-order valence-corrected chi connectivity index (χ2v) is 4.05. The van der Waals surface area contributed by atoms with Gasteiger partial charge in [-0.2, -0.15) is 0 Å². The lowest BCUT2D eigenvalue weighted by atomic mass is 9.85. The summed E-state index contributed by atoms with van der Waals surface area (Å²) in [5.41, 5.74) is 5.78. The van der Waals surface area contributed by atoms with Crippen molar-refractivity contribution in [2.24, 2.45) is 11.7 Å². The normalized spacial score (nSPS) is 34.2. The summed E-state index contributed by atoms with van der Waals surface area (Å²) in [7, 11) is 0. The maximum absolute atomic E-state index is 5.78. The van der Waals surface area contributed by atoms with E-state index >= 15 is 0 Å². The molecule has 0 aliphatic heterocycles. The van der Waals surface area contributed by atoms with Gasteiger partial charge in [0, 0.05) is 11.4 Å². The lowest BCUT2D eigenvalue weighted by molar-refractivity contribution is 0.321. The minimum Gasteiger partial charge on any atom is -0.328 e. The third-order valence-corrected chi connectivity index (χ3v) is 2.87. The zero-order valence-electron chi connectivity index (χ0n) is 6.35. The first kappa shape index (κ1) is 8.54. The van der Waals surface area contributed by atoms with E-state index in [0.717, 1.165) is 11.2 Å². The summed E-state index contributed by atoms with van der Waals surface area (Å²) >= 11 is 3.47. The van der Waals surface area contributed by atoms with Crippen molar-refractivity contribution in [2.45, 2.75) is 38.1 Å². The van der Waals surface area contributed by atoms with Gasteiger partial charge in [-0.15, -0.1) is 0 Å². The molecule has 0 unspecified atom stereocenters. The highest BCUT2D eigenvalue weighted by Crippen LogP contribution is 2.25. The van der Waals surface area contributed by atoms with E-state index in [1.165, 1.54) is 32.1 Å².